The van der Waals surface area contributed by atoms with E-state index in [9.17, 15) is 23.1 Å². The average molecular weight is 484 g/mol. The molecule has 1 heterocycles. The quantitative estimate of drug-likeness (QED) is 0.576. The Hall–Kier alpha value is -2.39. The number of rotatable bonds is 8. The number of amides is 1. The standard InChI is InChI=1S/C25H36F3N3O3/c1-8-9-12-31-21(14-20(30(31)7)23(2,3)4)29-22(32)19-13-18(25(26,27)28)11-10-17(19)15-34-16-24(5,6)33/h10-11,13-14,33H,8-9,12,15-16H2,1-7H3. The maximum Gasteiger partial charge on any atom is 0.416 e. The molecule has 190 valence electrons. The van der Waals surface area contributed by atoms with Gasteiger partial charge in [-0.25, -0.2) is 0 Å². The van der Waals surface area contributed by atoms with Crippen molar-refractivity contribution in [3.8, 4) is 0 Å². The van der Waals surface area contributed by atoms with Crippen molar-refractivity contribution in [3.63, 3.8) is 0 Å². The minimum absolute atomic E-state index is 0.0383. The molecule has 0 unspecified atom stereocenters. The molecule has 2 aromatic rings. The molecule has 0 saturated heterocycles. The molecule has 6 nitrogen and oxygen atoms in total. The minimum atomic E-state index is -4.60. The Morgan fingerprint density at radius 1 is 1.12 bits per heavy atom. The first-order valence-corrected chi connectivity index (χ1v) is 11.4. The van der Waals surface area contributed by atoms with E-state index in [2.05, 4.69) is 11.9 Å². The second-order valence-corrected chi connectivity index (χ2v) is 10.2. The lowest BCUT2D eigenvalue weighted by molar-refractivity contribution is -0.137. The van der Waals surface area contributed by atoms with E-state index < -0.39 is 23.2 Å². The van der Waals surface area contributed by atoms with E-state index in [0.29, 0.717) is 12.0 Å². The first kappa shape index (κ1) is 27.9. The number of aliphatic hydroxyl groups is 1. The van der Waals surface area contributed by atoms with Crippen molar-refractivity contribution in [1.29, 1.82) is 0 Å². The van der Waals surface area contributed by atoms with Crippen LogP contribution in [0.25, 0.3) is 0 Å². The van der Waals surface area contributed by atoms with Gasteiger partial charge in [0.15, 0.2) is 5.49 Å². The number of nitrogens with zero attached hydrogens (tertiary/aromatic N) is 3. The first-order valence-electron chi connectivity index (χ1n) is 11.4. The molecule has 0 radical (unpaired) electrons. The molecule has 0 saturated carbocycles. The number of carbonyl (C=O) groups excluding carboxylic acids is 1. The molecular weight excluding hydrogens is 447 g/mol. The SMILES string of the molecule is CCCCn1c(=NC(=O)c2cc(C(F)(F)F)ccc2COCC(C)(C)O)cc(C(C)(C)C)n1C. The maximum absolute atomic E-state index is 13.4. The Balaban J connectivity index is 2.58. The molecule has 1 aromatic carbocycles. The number of hydrogen-bond acceptors (Lipinski definition) is 3. The number of benzene rings is 1. The Labute approximate surface area is 199 Å². The summed E-state index contributed by atoms with van der Waals surface area (Å²) in [5.74, 6) is -0.774. The van der Waals surface area contributed by atoms with Crippen LogP contribution in [0, 0.1) is 0 Å². The van der Waals surface area contributed by atoms with E-state index in [4.69, 9.17) is 4.74 Å². The van der Waals surface area contributed by atoms with E-state index in [1.807, 2.05) is 43.2 Å². The highest BCUT2D eigenvalue weighted by Crippen LogP contribution is 2.31. The maximum atomic E-state index is 13.4. The summed E-state index contributed by atoms with van der Waals surface area (Å²) >= 11 is 0. The van der Waals surface area contributed by atoms with Crippen LogP contribution in [0.2, 0.25) is 0 Å². The van der Waals surface area contributed by atoms with E-state index in [1.54, 1.807) is 13.8 Å². The number of alkyl halides is 3. The highest BCUT2D eigenvalue weighted by molar-refractivity contribution is 5.96. The molecule has 9 heteroatoms. The second-order valence-electron chi connectivity index (χ2n) is 10.2. The van der Waals surface area contributed by atoms with E-state index in [1.165, 1.54) is 6.07 Å². The van der Waals surface area contributed by atoms with Gasteiger partial charge < -0.3 is 9.84 Å². The molecular formula is C25H36F3N3O3. The summed E-state index contributed by atoms with van der Waals surface area (Å²) in [6.07, 6.45) is -2.80. The van der Waals surface area contributed by atoms with Crippen LogP contribution in [0.4, 0.5) is 13.2 Å². The van der Waals surface area contributed by atoms with Gasteiger partial charge in [0, 0.05) is 36.3 Å². The Morgan fingerprint density at radius 3 is 2.29 bits per heavy atom. The third kappa shape index (κ3) is 7.30. The molecule has 1 aromatic heterocycles. The summed E-state index contributed by atoms with van der Waals surface area (Å²) in [4.78, 5) is 17.5. The zero-order valence-electron chi connectivity index (χ0n) is 21.1. The Morgan fingerprint density at radius 2 is 1.76 bits per heavy atom. The molecule has 0 atom stereocenters. The van der Waals surface area contributed by atoms with Gasteiger partial charge in [-0.1, -0.05) is 40.2 Å². The fraction of sp³-hybridized carbons (Fsp3) is 0.600. The fourth-order valence-corrected chi connectivity index (χ4v) is 3.59. The van der Waals surface area contributed by atoms with Gasteiger partial charge in [0.1, 0.15) is 0 Å². The zero-order valence-corrected chi connectivity index (χ0v) is 21.1. The van der Waals surface area contributed by atoms with Crippen LogP contribution in [0.3, 0.4) is 0 Å². The van der Waals surface area contributed by atoms with Gasteiger partial charge in [0.05, 0.1) is 24.4 Å². The lowest BCUT2D eigenvalue weighted by Gasteiger charge is -2.20. The number of unbranched alkanes of at least 4 members (excludes halogenated alkanes) is 1. The molecule has 0 bridgehead atoms. The molecule has 0 aliphatic rings. The van der Waals surface area contributed by atoms with Gasteiger partial charge in [0.25, 0.3) is 5.91 Å². The van der Waals surface area contributed by atoms with Crippen LogP contribution in [-0.4, -0.2) is 32.6 Å². The minimum Gasteiger partial charge on any atom is -0.388 e. The Bertz CT molecular complexity index is 1070. The van der Waals surface area contributed by atoms with Gasteiger partial charge in [-0.3, -0.25) is 14.2 Å². The second kappa shape index (κ2) is 10.5. The summed E-state index contributed by atoms with van der Waals surface area (Å²) in [6, 6.07) is 4.78. The van der Waals surface area contributed by atoms with Crippen molar-refractivity contribution < 1.29 is 27.8 Å². The fourth-order valence-electron chi connectivity index (χ4n) is 3.59. The zero-order chi connectivity index (χ0) is 25.9. The Kier molecular flexibility index (Phi) is 8.58. The van der Waals surface area contributed by atoms with Crippen LogP contribution in [0.15, 0.2) is 29.3 Å². The summed E-state index contributed by atoms with van der Waals surface area (Å²) in [7, 11) is 1.89. The molecule has 1 amide bonds. The van der Waals surface area contributed by atoms with E-state index >= 15 is 0 Å². The summed E-state index contributed by atoms with van der Waals surface area (Å²) in [5.41, 5.74) is -0.809. The molecule has 0 aliphatic heterocycles. The summed E-state index contributed by atoms with van der Waals surface area (Å²) in [5, 5.41) is 9.85. The topological polar surface area (TPSA) is 68.8 Å². The van der Waals surface area contributed by atoms with Gasteiger partial charge in [-0.05, 0) is 38.0 Å². The lowest BCUT2D eigenvalue weighted by atomic mass is 9.92. The van der Waals surface area contributed by atoms with Crippen molar-refractivity contribution in [2.75, 3.05) is 6.61 Å². The van der Waals surface area contributed by atoms with Crippen LogP contribution < -0.4 is 5.49 Å². The molecule has 34 heavy (non-hydrogen) atoms. The number of ether oxygens (including phenoxy) is 1. The van der Waals surface area contributed by atoms with Crippen LogP contribution in [-0.2, 0) is 36.5 Å². The summed E-state index contributed by atoms with van der Waals surface area (Å²) in [6.45, 7) is 11.8. The van der Waals surface area contributed by atoms with Crippen molar-refractivity contribution in [3.05, 3.63) is 52.1 Å². The van der Waals surface area contributed by atoms with Gasteiger partial charge in [0.2, 0.25) is 0 Å². The van der Waals surface area contributed by atoms with Gasteiger partial charge in [-0.2, -0.15) is 18.2 Å². The number of hydrogen-bond donors (Lipinski definition) is 1. The predicted octanol–water partition coefficient (Wildman–Crippen LogP) is 4.97. The first-order chi connectivity index (χ1) is 15.5. The molecule has 1 N–H and O–H groups in total. The molecule has 0 fully saturated rings. The predicted molar refractivity (Wildman–Crippen MR) is 124 cm³/mol. The highest BCUT2D eigenvalue weighted by atomic mass is 19.4. The summed E-state index contributed by atoms with van der Waals surface area (Å²) < 4.78 is 49.4. The average Bonchev–Trinajstić information content (AvgIpc) is 3.00. The third-order valence-corrected chi connectivity index (χ3v) is 5.33. The van der Waals surface area contributed by atoms with Crippen molar-refractivity contribution in [2.24, 2.45) is 12.0 Å². The third-order valence-electron chi connectivity index (χ3n) is 5.33. The van der Waals surface area contributed by atoms with E-state index in [-0.39, 0.29) is 29.8 Å². The number of aromatic nitrogens is 2. The van der Waals surface area contributed by atoms with Crippen LogP contribution in [0.1, 0.15) is 81.6 Å². The van der Waals surface area contributed by atoms with Crippen LogP contribution >= 0.6 is 0 Å². The van der Waals surface area contributed by atoms with E-state index in [0.717, 1.165) is 30.7 Å². The van der Waals surface area contributed by atoms with Crippen LogP contribution in [0.5, 0.6) is 0 Å². The lowest BCUT2D eigenvalue weighted by Crippen LogP contribution is -2.26. The largest absolute Gasteiger partial charge is 0.416 e. The number of halogens is 3. The number of carbonyl (C=O) groups is 1. The molecule has 0 spiro atoms. The van der Waals surface area contributed by atoms with Crippen molar-refractivity contribution in [1.82, 2.24) is 9.36 Å². The monoisotopic (exact) mass is 483 g/mol. The van der Waals surface area contributed by atoms with Crippen molar-refractivity contribution >= 4 is 5.91 Å². The molecule has 0 aliphatic carbocycles. The smallest absolute Gasteiger partial charge is 0.388 e. The van der Waals surface area contributed by atoms with Gasteiger partial charge >= 0.3 is 6.18 Å². The molecule has 2 rings (SSSR count). The van der Waals surface area contributed by atoms with Crippen molar-refractivity contribution in [2.45, 2.75) is 84.7 Å². The highest BCUT2D eigenvalue weighted by Gasteiger charge is 2.32. The normalized spacial score (nSPS) is 13.6. The van der Waals surface area contributed by atoms with Gasteiger partial charge in [-0.15, -0.1) is 0 Å².